The van der Waals surface area contributed by atoms with Crippen LogP contribution in [0.1, 0.15) is 13.8 Å². The van der Waals surface area contributed by atoms with Gasteiger partial charge in [-0.15, -0.1) is 0 Å². The number of rotatable bonds is 3. The van der Waals surface area contributed by atoms with Gasteiger partial charge in [0.15, 0.2) is 0 Å². The molecule has 16 heavy (non-hydrogen) atoms. The Morgan fingerprint density at radius 3 is 2.38 bits per heavy atom. The Morgan fingerprint density at radius 2 is 1.88 bits per heavy atom. The van der Waals surface area contributed by atoms with Crippen molar-refractivity contribution in [3.63, 3.8) is 0 Å². The number of alkyl halides is 3. The van der Waals surface area contributed by atoms with Gasteiger partial charge < -0.3 is 4.74 Å². The zero-order chi connectivity index (χ0) is 12.4. The molecule has 1 aromatic rings. The number of benzene rings is 1. The van der Waals surface area contributed by atoms with Gasteiger partial charge in [0.05, 0.1) is 5.41 Å². The molecule has 1 nitrogen and oxygen atoms in total. The monoisotopic (exact) mass is 296 g/mol. The summed E-state index contributed by atoms with van der Waals surface area (Å²) in [5.41, 5.74) is -1.85. The second-order valence-corrected chi connectivity index (χ2v) is 5.04. The molecule has 90 valence electrons. The highest BCUT2D eigenvalue weighted by molar-refractivity contribution is 9.10. The van der Waals surface area contributed by atoms with Gasteiger partial charge in [-0.1, -0.05) is 22.0 Å². The highest BCUT2D eigenvalue weighted by atomic mass is 79.9. The Bertz CT molecular complexity index is 360. The van der Waals surface area contributed by atoms with Crippen LogP contribution in [0, 0.1) is 5.41 Å². The lowest BCUT2D eigenvalue weighted by Crippen LogP contribution is -2.37. The maximum absolute atomic E-state index is 12.5. The van der Waals surface area contributed by atoms with Gasteiger partial charge in [-0.2, -0.15) is 13.2 Å². The summed E-state index contributed by atoms with van der Waals surface area (Å²) in [5.74, 6) is 0.423. The van der Waals surface area contributed by atoms with Crippen LogP contribution in [0.3, 0.4) is 0 Å². The molecule has 0 aromatic heterocycles. The van der Waals surface area contributed by atoms with E-state index < -0.39 is 18.2 Å². The molecule has 0 amide bonds. The van der Waals surface area contributed by atoms with Crippen LogP contribution in [0.2, 0.25) is 0 Å². The SMILES string of the molecule is CC(C)(COc1cccc(Br)c1)C(F)(F)F. The number of hydrogen-bond acceptors (Lipinski definition) is 1. The predicted octanol–water partition coefficient (Wildman–Crippen LogP) is 4.42. The fourth-order valence-corrected chi connectivity index (χ4v) is 1.28. The van der Waals surface area contributed by atoms with E-state index in [2.05, 4.69) is 15.9 Å². The molecule has 1 rings (SSSR count). The van der Waals surface area contributed by atoms with Crippen LogP contribution in [-0.4, -0.2) is 12.8 Å². The zero-order valence-electron chi connectivity index (χ0n) is 8.94. The third-order valence-electron chi connectivity index (χ3n) is 2.16. The average Bonchev–Trinajstić information content (AvgIpc) is 2.13. The first-order chi connectivity index (χ1) is 7.22. The normalized spacial score (nSPS) is 12.6. The largest absolute Gasteiger partial charge is 0.493 e. The number of hydrogen-bond donors (Lipinski definition) is 0. The molecule has 0 spiro atoms. The lowest BCUT2D eigenvalue weighted by molar-refractivity contribution is -0.219. The predicted molar refractivity (Wildman–Crippen MR) is 59.5 cm³/mol. The van der Waals surface area contributed by atoms with Gasteiger partial charge in [-0.25, -0.2) is 0 Å². The molecule has 1 aromatic carbocycles. The van der Waals surface area contributed by atoms with E-state index in [9.17, 15) is 13.2 Å². The van der Waals surface area contributed by atoms with E-state index in [-0.39, 0.29) is 0 Å². The fraction of sp³-hybridized carbons (Fsp3) is 0.455. The summed E-state index contributed by atoms with van der Waals surface area (Å²) in [6.45, 7) is 1.84. The summed E-state index contributed by atoms with van der Waals surface area (Å²) in [5, 5.41) is 0. The van der Waals surface area contributed by atoms with Crippen LogP contribution in [0.25, 0.3) is 0 Å². The first-order valence-corrected chi connectivity index (χ1v) is 5.47. The van der Waals surface area contributed by atoms with Crippen molar-refractivity contribution >= 4 is 15.9 Å². The fourth-order valence-electron chi connectivity index (χ4n) is 0.902. The Labute approximate surface area is 101 Å². The van der Waals surface area contributed by atoms with Crippen molar-refractivity contribution in [3.05, 3.63) is 28.7 Å². The lowest BCUT2D eigenvalue weighted by Gasteiger charge is -2.27. The summed E-state index contributed by atoms with van der Waals surface area (Å²) in [7, 11) is 0. The maximum Gasteiger partial charge on any atom is 0.397 e. The van der Waals surface area contributed by atoms with E-state index in [1.807, 2.05) is 0 Å². The molecule has 0 bridgehead atoms. The second-order valence-electron chi connectivity index (χ2n) is 4.13. The minimum Gasteiger partial charge on any atom is -0.493 e. The van der Waals surface area contributed by atoms with Crippen molar-refractivity contribution < 1.29 is 17.9 Å². The van der Waals surface area contributed by atoms with Gasteiger partial charge in [-0.05, 0) is 32.0 Å². The van der Waals surface area contributed by atoms with Crippen LogP contribution < -0.4 is 4.74 Å². The molecule has 0 N–H and O–H groups in total. The molecule has 0 unspecified atom stereocenters. The molecule has 0 aliphatic carbocycles. The van der Waals surface area contributed by atoms with Crippen molar-refractivity contribution in [1.82, 2.24) is 0 Å². The summed E-state index contributed by atoms with van der Waals surface area (Å²) < 4.78 is 43.5. The molecular weight excluding hydrogens is 285 g/mol. The van der Waals surface area contributed by atoms with Crippen LogP contribution in [-0.2, 0) is 0 Å². The smallest absolute Gasteiger partial charge is 0.397 e. The Hall–Kier alpha value is -0.710. The van der Waals surface area contributed by atoms with Crippen molar-refractivity contribution in [2.24, 2.45) is 5.41 Å². The quantitative estimate of drug-likeness (QED) is 0.802. The third-order valence-corrected chi connectivity index (χ3v) is 2.66. The van der Waals surface area contributed by atoms with E-state index in [0.717, 1.165) is 18.3 Å². The van der Waals surface area contributed by atoms with Gasteiger partial charge in [0.2, 0.25) is 0 Å². The van der Waals surface area contributed by atoms with Crippen LogP contribution in [0.15, 0.2) is 28.7 Å². The molecule has 0 radical (unpaired) electrons. The average molecular weight is 297 g/mol. The van der Waals surface area contributed by atoms with E-state index in [4.69, 9.17) is 4.74 Å². The molecular formula is C11H12BrF3O. The van der Waals surface area contributed by atoms with Crippen LogP contribution in [0.5, 0.6) is 5.75 Å². The summed E-state index contributed by atoms with van der Waals surface area (Å²) in [6, 6.07) is 6.74. The summed E-state index contributed by atoms with van der Waals surface area (Å²) in [6.07, 6.45) is -4.26. The minimum absolute atomic E-state index is 0.396. The molecule has 0 heterocycles. The zero-order valence-corrected chi connectivity index (χ0v) is 10.5. The van der Waals surface area contributed by atoms with Gasteiger partial charge in [0.25, 0.3) is 0 Å². The van der Waals surface area contributed by atoms with Gasteiger partial charge in [-0.3, -0.25) is 0 Å². The van der Waals surface area contributed by atoms with Crippen LogP contribution >= 0.6 is 15.9 Å². The standard InChI is InChI=1S/C11H12BrF3O/c1-10(2,11(13,14)15)7-16-9-5-3-4-8(12)6-9/h3-6H,7H2,1-2H3. The first-order valence-electron chi connectivity index (χ1n) is 4.67. The van der Waals surface area contributed by atoms with Crippen molar-refractivity contribution in [2.75, 3.05) is 6.61 Å². The second kappa shape index (κ2) is 4.65. The highest BCUT2D eigenvalue weighted by Gasteiger charge is 2.47. The van der Waals surface area contributed by atoms with E-state index in [1.54, 1.807) is 24.3 Å². The highest BCUT2D eigenvalue weighted by Crippen LogP contribution is 2.37. The van der Waals surface area contributed by atoms with Gasteiger partial charge >= 0.3 is 6.18 Å². The Kier molecular flexibility index (Phi) is 3.88. The third kappa shape index (κ3) is 3.40. The first kappa shape index (κ1) is 13.4. The molecule has 0 saturated carbocycles. The summed E-state index contributed by atoms with van der Waals surface area (Å²) >= 11 is 3.22. The van der Waals surface area contributed by atoms with E-state index >= 15 is 0 Å². The van der Waals surface area contributed by atoms with Crippen LogP contribution in [0.4, 0.5) is 13.2 Å². The molecule has 5 heteroatoms. The lowest BCUT2D eigenvalue weighted by atomic mass is 9.94. The summed E-state index contributed by atoms with van der Waals surface area (Å²) in [4.78, 5) is 0. The minimum atomic E-state index is -4.26. The van der Waals surface area contributed by atoms with Crippen molar-refractivity contribution in [3.8, 4) is 5.75 Å². The Morgan fingerprint density at radius 1 is 1.25 bits per heavy atom. The molecule has 0 aliphatic rings. The molecule has 0 aliphatic heterocycles. The van der Waals surface area contributed by atoms with E-state index in [1.165, 1.54) is 0 Å². The van der Waals surface area contributed by atoms with E-state index in [0.29, 0.717) is 5.75 Å². The maximum atomic E-state index is 12.5. The number of halogens is 4. The molecule has 0 saturated heterocycles. The van der Waals surface area contributed by atoms with Gasteiger partial charge in [0.1, 0.15) is 12.4 Å². The Balaban J connectivity index is 2.65. The molecule has 0 fully saturated rings. The number of ether oxygens (including phenoxy) is 1. The van der Waals surface area contributed by atoms with Crippen molar-refractivity contribution in [1.29, 1.82) is 0 Å². The van der Waals surface area contributed by atoms with Crippen molar-refractivity contribution in [2.45, 2.75) is 20.0 Å². The van der Waals surface area contributed by atoms with Gasteiger partial charge in [0, 0.05) is 4.47 Å². The topological polar surface area (TPSA) is 9.23 Å². The molecule has 0 atom stereocenters.